The molecule has 0 bridgehead atoms. The lowest BCUT2D eigenvalue weighted by atomic mass is 9.78. The molecule has 4 fully saturated rings. The summed E-state index contributed by atoms with van der Waals surface area (Å²) in [5, 5.41) is 0. The highest BCUT2D eigenvalue weighted by molar-refractivity contribution is 5.84. The molecule has 0 N–H and O–H groups in total. The smallest absolute Gasteiger partial charge is 0.347 e. The molecule has 1 spiro atoms. The van der Waals surface area contributed by atoms with Gasteiger partial charge in [0.1, 0.15) is 6.10 Å². The number of hydrogen-bond donors (Lipinski definition) is 0. The van der Waals surface area contributed by atoms with Crippen molar-refractivity contribution in [3.05, 3.63) is 65.0 Å². The van der Waals surface area contributed by atoms with Crippen LogP contribution in [0.5, 0.6) is 0 Å². The number of fused-ring (bicyclic) bond motifs is 2. The second-order valence-corrected chi connectivity index (χ2v) is 12.4. The van der Waals surface area contributed by atoms with E-state index in [-0.39, 0.29) is 18.6 Å². The minimum Gasteiger partial charge on any atom is -0.347 e. The number of alkyl halides is 3. The van der Waals surface area contributed by atoms with Gasteiger partial charge in [-0.3, -0.25) is 14.7 Å². The maximum Gasteiger partial charge on any atom is 0.417 e. The van der Waals surface area contributed by atoms with E-state index in [4.69, 9.17) is 9.47 Å². The van der Waals surface area contributed by atoms with Crippen molar-refractivity contribution in [2.75, 3.05) is 26.2 Å². The van der Waals surface area contributed by atoms with Crippen molar-refractivity contribution in [1.29, 1.82) is 0 Å². The molecule has 2 saturated carbocycles. The van der Waals surface area contributed by atoms with Crippen LogP contribution in [0.3, 0.4) is 0 Å². The van der Waals surface area contributed by atoms with Gasteiger partial charge >= 0.3 is 6.18 Å². The van der Waals surface area contributed by atoms with Crippen LogP contribution in [-0.2, 0) is 33.4 Å². The van der Waals surface area contributed by atoms with E-state index >= 15 is 0 Å². The van der Waals surface area contributed by atoms with E-state index in [1.807, 2.05) is 23.1 Å². The van der Waals surface area contributed by atoms with E-state index in [1.54, 1.807) is 0 Å². The number of hydrogen-bond acceptors (Lipinski definition) is 5. The van der Waals surface area contributed by atoms with E-state index in [9.17, 15) is 18.0 Å². The normalized spacial score (nSPS) is 31.9. The Balaban J connectivity index is 1.01. The van der Waals surface area contributed by atoms with Crippen LogP contribution < -0.4 is 0 Å². The van der Waals surface area contributed by atoms with Crippen molar-refractivity contribution in [3.63, 3.8) is 0 Å². The van der Waals surface area contributed by atoms with Crippen LogP contribution in [0.2, 0.25) is 0 Å². The summed E-state index contributed by atoms with van der Waals surface area (Å²) in [4.78, 5) is 22.6. The van der Waals surface area contributed by atoms with Crippen LogP contribution in [0.15, 0.2) is 42.6 Å². The SMILES string of the molecule is O=C(N1CCc2ncc(C(F)(F)F)cc2C1)[C@@]12CCC[C@@H]1C[C@@H](N1CCC3(CC1)OCC(c1ccccc1)O3)C2. The number of pyridine rings is 1. The molecule has 6 nitrogen and oxygen atoms in total. The Morgan fingerprint density at radius 1 is 1.07 bits per heavy atom. The van der Waals surface area contributed by atoms with Gasteiger partial charge in [-0.05, 0) is 48.8 Å². The molecule has 0 radical (unpaired) electrons. The van der Waals surface area contributed by atoms with Gasteiger partial charge in [-0.15, -0.1) is 0 Å². The van der Waals surface area contributed by atoms with Gasteiger partial charge in [0.25, 0.3) is 0 Å². The average molecular weight is 556 g/mol. The van der Waals surface area contributed by atoms with Crippen LogP contribution >= 0.6 is 0 Å². The van der Waals surface area contributed by atoms with Crippen molar-refractivity contribution in [2.45, 2.75) is 82.0 Å². The standard InChI is InChI=1S/C31H36F3N3O3/c32-31(33,34)24-15-22-19-37(12-8-26(22)35-18-24)28(38)29-9-4-7-23(29)16-25(17-29)36-13-10-30(11-14-36)39-20-27(40-30)21-5-2-1-3-6-21/h1-3,5-6,15,18,23,25,27H,4,7-14,16-17,19-20H2/t23-,25-,27?,29-/m1/s1. The third-order valence-corrected chi connectivity index (χ3v) is 10.3. The first kappa shape index (κ1) is 26.4. The maximum atomic E-state index is 14.1. The number of halogens is 3. The van der Waals surface area contributed by atoms with E-state index in [0.717, 1.165) is 69.8 Å². The van der Waals surface area contributed by atoms with Gasteiger partial charge < -0.3 is 14.4 Å². The molecule has 7 rings (SSSR count). The Morgan fingerprint density at radius 3 is 2.65 bits per heavy atom. The minimum atomic E-state index is -4.44. The minimum absolute atomic E-state index is 0.0310. The van der Waals surface area contributed by atoms with Crippen molar-refractivity contribution >= 4 is 5.91 Å². The molecule has 3 aliphatic heterocycles. The Kier molecular flexibility index (Phi) is 6.48. The zero-order valence-corrected chi connectivity index (χ0v) is 22.7. The molecule has 2 aromatic rings. The monoisotopic (exact) mass is 555 g/mol. The highest BCUT2D eigenvalue weighted by Crippen LogP contribution is 2.57. The highest BCUT2D eigenvalue weighted by atomic mass is 19.4. The van der Waals surface area contributed by atoms with Gasteiger partial charge in [-0.1, -0.05) is 36.8 Å². The molecule has 214 valence electrons. The largest absolute Gasteiger partial charge is 0.417 e. The number of rotatable bonds is 3. The second kappa shape index (κ2) is 9.81. The highest BCUT2D eigenvalue weighted by Gasteiger charge is 2.58. The average Bonchev–Trinajstić information content (AvgIpc) is 3.66. The Bertz CT molecular complexity index is 1260. The first-order valence-electron chi connectivity index (χ1n) is 14.7. The molecule has 1 amide bonds. The predicted octanol–water partition coefficient (Wildman–Crippen LogP) is 5.51. The van der Waals surface area contributed by atoms with E-state index < -0.39 is 22.9 Å². The third-order valence-electron chi connectivity index (χ3n) is 10.3. The van der Waals surface area contributed by atoms with Crippen molar-refractivity contribution < 1.29 is 27.4 Å². The number of carbonyl (C=O) groups is 1. The van der Waals surface area contributed by atoms with Crippen LogP contribution in [-0.4, -0.2) is 58.8 Å². The lowest BCUT2D eigenvalue weighted by molar-refractivity contribution is -0.198. The number of aromatic nitrogens is 1. The van der Waals surface area contributed by atoms with Gasteiger partial charge in [-0.2, -0.15) is 13.2 Å². The molecule has 5 aliphatic rings. The third kappa shape index (κ3) is 4.54. The van der Waals surface area contributed by atoms with E-state index in [1.165, 1.54) is 6.07 Å². The summed E-state index contributed by atoms with van der Waals surface area (Å²) in [5.74, 6) is -0.0469. The predicted molar refractivity (Wildman–Crippen MR) is 141 cm³/mol. The fraction of sp³-hybridized carbons (Fsp3) is 0.613. The summed E-state index contributed by atoms with van der Waals surface area (Å²) >= 11 is 0. The Hall–Kier alpha value is -2.49. The van der Waals surface area contributed by atoms with E-state index in [0.29, 0.717) is 42.8 Å². The summed E-state index contributed by atoms with van der Waals surface area (Å²) in [6, 6.07) is 11.8. The zero-order chi connectivity index (χ0) is 27.5. The van der Waals surface area contributed by atoms with Gasteiger partial charge in [0.2, 0.25) is 5.91 Å². The first-order chi connectivity index (χ1) is 19.2. The van der Waals surface area contributed by atoms with Crippen molar-refractivity contribution in [2.24, 2.45) is 11.3 Å². The van der Waals surface area contributed by atoms with Gasteiger partial charge in [0.15, 0.2) is 5.79 Å². The molecule has 2 saturated heterocycles. The number of likely N-dealkylation sites (tertiary alicyclic amines) is 1. The van der Waals surface area contributed by atoms with Crippen LogP contribution in [0, 0.1) is 11.3 Å². The number of ether oxygens (including phenoxy) is 2. The molecule has 1 aromatic carbocycles. The summed E-state index contributed by atoms with van der Waals surface area (Å²) in [6.07, 6.45) is 3.39. The molecule has 1 aromatic heterocycles. The number of carbonyl (C=O) groups excluding carboxylic acids is 1. The summed E-state index contributed by atoms with van der Waals surface area (Å²) in [6.45, 7) is 3.07. The lowest BCUT2D eigenvalue weighted by Gasteiger charge is -2.41. The number of nitrogens with zero attached hydrogens (tertiary/aromatic N) is 3. The number of piperidine rings is 1. The molecule has 2 aliphatic carbocycles. The topological polar surface area (TPSA) is 54.9 Å². The van der Waals surface area contributed by atoms with Crippen LogP contribution in [0.4, 0.5) is 13.2 Å². The van der Waals surface area contributed by atoms with E-state index in [2.05, 4.69) is 22.0 Å². The van der Waals surface area contributed by atoms with Crippen LogP contribution in [0.25, 0.3) is 0 Å². The molecule has 4 atom stereocenters. The van der Waals surface area contributed by atoms with Crippen molar-refractivity contribution in [1.82, 2.24) is 14.8 Å². The van der Waals surface area contributed by atoms with Gasteiger partial charge in [0.05, 0.1) is 17.6 Å². The molecule has 4 heterocycles. The fourth-order valence-corrected chi connectivity index (χ4v) is 8.18. The molecule has 1 unspecified atom stereocenters. The second-order valence-electron chi connectivity index (χ2n) is 12.4. The summed E-state index contributed by atoms with van der Waals surface area (Å²) in [7, 11) is 0. The summed E-state index contributed by atoms with van der Waals surface area (Å²) < 4.78 is 52.6. The maximum absolute atomic E-state index is 14.1. The van der Waals surface area contributed by atoms with Gasteiger partial charge in [-0.25, -0.2) is 0 Å². The quantitative estimate of drug-likeness (QED) is 0.500. The lowest BCUT2D eigenvalue weighted by Crippen LogP contribution is -2.49. The molecule has 9 heteroatoms. The molecular weight excluding hydrogens is 519 g/mol. The fourth-order valence-electron chi connectivity index (χ4n) is 8.18. The number of amides is 1. The zero-order valence-electron chi connectivity index (χ0n) is 22.7. The molecular formula is C31H36F3N3O3. The van der Waals surface area contributed by atoms with Crippen LogP contribution in [0.1, 0.15) is 73.4 Å². The van der Waals surface area contributed by atoms with Gasteiger partial charge in [0, 0.05) is 63.4 Å². The van der Waals surface area contributed by atoms with Crippen molar-refractivity contribution in [3.8, 4) is 0 Å². The number of benzene rings is 1. The Labute approximate surface area is 232 Å². The summed E-state index contributed by atoms with van der Waals surface area (Å²) in [5.41, 5.74) is 1.21. The Morgan fingerprint density at radius 2 is 1.88 bits per heavy atom. The molecule has 40 heavy (non-hydrogen) atoms. The first-order valence-corrected chi connectivity index (χ1v) is 14.7.